The molecule has 0 N–H and O–H groups in total. The molecule has 0 bridgehead atoms. The zero-order valence-corrected chi connectivity index (χ0v) is 14.0. The molecule has 0 aliphatic carbocycles. The van der Waals surface area contributed by atoms with Gasteiger partial charge < -0.3 is 8.85 Å². The molecule has 22 heavy (non-hydrogen) atoms. The molecular formula is C17H20F2O2Si. The summed E-state index contributed by atoms with van der Waals surface area (Å²) in [6, 6.07) is 11.0. The minimum absolute atomic E-state index is 0.514. The average Bonchev–Trinajstić information content (AvgIpc) is 2.47. The summed E-state index contributed by atoms with van der Waals surface area (Å²) in [5.74, 6) is -1.16. The van der Waals surface area contributed by atoms with Gasteiger partial charge in [0.05, 0.1) is 0 Å². The summed E-state index contributed by atoms with van der Waals surface area (Å²) in [5, 5.41) is 0.997. The Bertz CT molecular complexity index is 603. The van der Waals surface area contributed by atoms with Gasteiger partial charge in [-0.25, -0.2) is 8.78 Å². The van der Waals surface area contributed by atoms with Crippen molar-refractivity contribution in [3.05, 3.63) is 54.1 Å². The van der Waals surface area contributed by atoms with Crippen LogP contribution in [-0.4, -0.2) is 21.8 Å². The highest BCUT2D eigenvalue weighted by Crippen LogP contribution is 2.21. The molecule has 0 aromatic heterocycles. The lowest BCUT2D eigenvalue weighted by molar-refractivity contribution is 0.202. The van der Waals surface area contributed by atoms with Gasteiger partial charge in [-0.05, 0) is 48.8 Å². The standard InChI is InChI=1S/C17H20F2O2Si/c1-4-20-22(3,21-5-2)17-8-6-13(7-9-17)14-10-15(18)12-16(19)11-14/h6-12H,4-5H2,1-3H3. The SMILES string of the molecule is CCO[Si](C)(OCC)c1ccc(-c2cc(F)cc(F)c2)cc1. The van der Waals surface area contributed by atoms with Crippen LogP contribution in [-0.2, 0) is 8.85 Å². The molecular weight excluding hydrogens is 302 g/mol. The molecule has 2 nitrogen and oxygen atoms in total. The molecule has 5 heteroatoms. The van der Waals surface area contributed by atoms with E-state index < -0.39 is 20.2 Å². The van der Waals surface area contributed by atoms with E-state index in [1.807, 2.05) is 44.7 Å². The van der Waals surface area contributed by atoms with E-state index in [4.69, 9.17) is 8.85 Å². The first kappa shape index (κ1) is 16.8. The van der Waals surface area contributed by atoms with Crippen LogP contribution >= 0.6 is 0 Å². The fraction of sp³-hybridized carbons (Fsp3) is 0.294. The molecule has 0 fully saturated rings. The van der Waals surface area contributed by atoms with Gasteiger partial charge >= 0.3 is 8.56 Å². The molecule has 0 spiro atoms. The highest BCUT2D eigenvalue weighted by Gasteiger charge is 2.33. The van der Waals surface area contributed by atoms with Crippen molar-refractivity contribution in [2.24, 2.45) is 0 Å². The molecule has 0 saturated carbocycles. The highest BCUT2D eigenvalue weighted by atomic mass is 28.4. The predicted octanol–water partition coefficient (Wildman–Crippen LogP) is 3.98. The van der Waals surface area contributed by atoms with Crippen LogP contribution in [0.4, 0.5) is 8.78 Å². The summed E-state index contributed by atoms with van der Waals surface area (Å²) in [4.78, 5) is 0. The number of halogens is 2. The van der Waals surface area contributed by atoms with Crippen molar-refractivity contribution in [2.75, 3.05) is 13.2 Å². The van der Waals surface area contributed by atoms with Gasteiger partial charge in [0, 0.05) is 19.3 Å². The highest BCUT2D eigenvalue weighted by molar-refractivity contribution is 6.79. The molecule has 0 heterocycles. The van der Waals surface area contributed by atoms with Crippen molar-refractivity contribution < 1.29 is 17.6 Å². The van der Waals surface area contributed by atoms with E-state index in [0.29, 0.717) is 18.8 Å². The van der Waals surface area contributed by atoms with Crippen molar-refractivity contribution in [3.8, 4) is 11.1 Å². The first-order valence-corrected chi connectivity index (χ1v) is 9.65. The molecule has 0 aliphatic heterocycles. The summed E-state index contributed by atoms with van der Waals surface area (Å²) >= 11 is 0. The van der Waals surface area contributed by atoms with Crippen LogP contribution in [0.5, 0.6) is 0 Å². The minimum atomic E-state index is -2.42. The summed E-state index contributed by atoms with van der Waals surface area (Å²) in [7, 11) is -2.42. The zero-order chi connectivity index (χ0) is 16.2. The minimum Gasteiger partial charge on any atom is -0.391 e. The van der Waals surface area contributed by atoms with Crippen molar-refractivity contribution >= 4 is 13.7 Å². The summed E-state index contributed by atoms with van der Waals surface area (Å²) in [6.45, 7) is 7.04. The van der Waals surface area contributed by atoms with Crippen molar-refractivity contribution in [3.63, 3.8) is 0 Å². The van der Waals surface area contributed by atoms with E-state index in [2.05, 4.69) is 0 Å². The molecule has 0 aliphatic rings. The Morgan fingerprint density at radius 3 is 1.77 bits per heavy atom. The molecule has 118 valence electrons. The number of hydrogen-bond donors (Lipinski definition) is 0. The predicted molar refractivity (Wildman–Crippen MR) is 86.3 cm³/mol. The van der Waals surface area contributed by atoms with E-state index in [1.165, 1.54) is 12.1 Å². The Morgan fingerprint density at radius 2 is 1.32 bits per heavy atom. The third-order valence-electron chi connectivity index (χ3n) is 3.44. The lowest BCUT2D eigenvalue weighted by Crippen LogP contribution is -2.51. The van der Waals surface area contributed by atoms with Gasteiger partial charge in [0.15, 0.2) is 0 Å². The van der Waals surface area contributed by atoms with Gasteiger partial charge in [-0.1, -0.05) is 24.3 Å². The molecule has 0 atom stereocenters. The van der Waals surface area contributed by atoms with Crippen LogP contribution in [0.1, 0.15) is 13.8 Å². The van der Waals surface area contributed by atoms with Crippen LogP contribution in [0.15, 0.2) is 42.5 Å². The first-order chi connectivity index (χ1) is 10.5. The van der Waals surface area contributed by atoms with Crippen LogP contribution in [0.3, 0.4) is 0 Å². The van der Waals surface area contributed by atoms with Gasteiger partial charge in [-0.2, -0.15) is 0 Å². The molecule has 0 radical (unpaired) electrons. The third kappa shape index (κ3) is 3.79. The fourth-order valence-electron chi connectivity index (χ4n) is 2.45. The van der Waals surface area contributed by atoms with Crippen molar-refractivity contribution in [2.45, 2.75) is 20.4 Å². The summed E-state index contributed by atoms with van der Waals surface area (Å²) in [5.41, 5.74) is 1.27. The van der Waals surface area contributed by atoms with E-state index in [0.717, 1.165) is 16.8 Å². The molecule has 0 amide bonds. The molecule has 2 rings (SSSR count). The lowest BCUT2D eigenvalue weighted by atomic mass is 10.1. The number of rotatable bonds is 6. The molecule has 0 unspecified atom stereocenters. The van der Waals surface area contributed by atoms with Crippen LogP contribution < -0.4 is 5.19 Å². The quantitative estimate of drug-likeness (QED) is 0.749. The maximum absolute atomic E-state index is 13.3. The number of benzene rings is 2. The topological polar surface area (TPSA) is 18.5 Å². The van der Waals surface area contributed by atoms with E-state index in [1.54, 1.807) is 0 Å². The summed E-state index contributed by atoms with van der Waals surface area (Å²) in [6.07, 6.45) is 0. The Balaban J connectivity index is 2.33. The normalized spacial score (nSPS) is 11.7. The Hall–Kier alpha value is -1.56. The molecule has 2 aromatic carbocycles. The van der Waals surface area contributed by atoms with E-state index in [-0.39, 0.29) is 0 Å². The van der Waals surface area contributed by atoms with E-state index >= 15 is 0 Å². The first-order valence-electron chi connectivity index (χ1n) is 7.33. The Morgan fingerprint density at radius 1 is 0.818 bits per heavy atom. The van der Waals surface area contributed by atoms with Crippen LogP contribution in [0.25, 0.3) is 11.1 Å². The maximum Gasteiger partial charge on any atom is 0.369 e. The largest absolute Gasteiger partial charge is 0.391 e. The second-order valence-electron chi connectivity index (χ2n) is 5.05. The van der Waals surface area contributed by atoms with Crippen molar-refractivity contribution in [1.29, 1.82) is 0 Å². The average molecular weight is 322 g/mol. The van der Waals surface area contributed by atoms with Crippen LogP contribution in [0.2, 0.25) is 6.55 Å². The van der Waals surface area contributed by atoms with Gasteiger partial charge in [0.2, 0.25) is 0 Å². The molecule has 0 saturated heterocycles. The van der Waals surface area contributed by atoms with Gasteiger partial charge in [0.1, 0.15) is 11.6 Å². The van der Waals surface area contributed by atoms with E-state index in [9.17, 15) is 8.78 Å². The van der Waals surface area contributed by atoms with Gasteiger partial charge in [-0.3, -0.25) is 0 Å². The fourth-order valence-corrected chi connectivity index (χ4v) is 4.74. The van der Waals surface area contributed by atoms with Crippen LogP contribution in [0, 0.1) is 11.6 Å². The monoisotopic (exact) mass is 322 g/mol. The smallest absolute Gasteiger partial charge is 0.369 e. The second kappa shape index (κ2) is 7.13. The summed E-state index contributed by atoms with van der Waals surface area (Å²) < 4.78 is 38.3. The lowest BCUT2D eigenvalue weighted by Gasteiger charge is -2.26. The van der Waals surface area contributed by atoms with Gasteiger partial charge in [0.25, 0.3) is 0 Å². The second-order valence-corrected chi connectivity index (χ2v) is 8.09. The van der Waals surface area contributed by atoms with Crippen molar-refractivity contribution in [1.82, 2.24) is 0 Å². The Kier molecular flexibility index (Phi) is 5.45. The van der Waals surface area contributed by atoms with Gasteiger partial charge in [-0.15, -0.1) is 0 Å². The Labute approximate surface area is 130 Å². The maximum atomic E-state index is 13.3. The number of hydrogen-bond acceptors (Lipinski definition) is 2. The molecule has 2 aromatic rings. The third-order valence-corrected chi connectivity index (χ3v) is 6.51. The zero-order valence-electron chi connectivity index (χ0n) is 13.0.